The van der Waals surface area contributed by atoms with Crippen LogP contribution in [0.15, 0.2) is 59.2 Å². The zero-order valence-corrected chi connectivity index (χ0v) is 14.8. The van der Waals surface area contributed by atoms with E-state index in [2.05, 4.69) is 17.1 Å². The molecule has 0 aliphatic carbocycles. The number of oxazole rings is 1. The Bertz CT molecular complexity index is 904. The summed E-state index contributed by atoms with van der Waals surface area (Å²) in [5, 5.41) is 0. The predicted molar refractivity (Wildman–Crippen MR) is 97.7 cm³/mol. The Morgan fingerprint density at radius 1 is 1.15 bits per heavy atom. The summed E-state index contributed by atoms with van der Waals surface area (Å²) in [4.78, 5) is 23.7. The number of pyridine rings is 1. The summed E-state index contributed by atoms with van der Waals surface area (Å²) >= 11 is 0. The quantitative estimate of drug-likeness (QED) is 0.717. The monoisotopic (exact) mass is 347 g/mol. The Hall–Kier alpha value is -2.95. The summed E-state index contributed by atoms with van der Waals surface area (Å²) in [6.07, 6.45) is 4.12. The maximum atomic E-state index is 12.8. The van der Waals surface area contributed by atoms with Crippen molar-refractivity contribution in [3.8, 4) is 0 Å². The smallest absolute Gasteiger partial charge is 0.276 e. The van der Waals surface area contributed by atoms with E-state index in [4.69, 9.17) is 9.40 Å². The van der Waals surface area contributed by atoms with E-state index in [1.165, 1.54) is 11.8 Å². The third-order valence-electron chi connectivity index (χ3n) is 4.75. The van der Waals surface area contributed by atoms with Crippen molar-refractivity contribution in [1.82, 2.24) is 14.9 Å². The number of aryl methyl sites for hydroxylation is 1. The fourth-order valence-corrected chi connectivity index (χ4v) is 3.51. The van der Waals surface area contributed by atoms with Gasteiger partial charge in [0.1, 0.15) is 6.26 Å². The number of amides is 1. The molecule has 0 saturated carbocycles. The minimum Gasteiger partial charge on any atom is -0.448 e. The van der Waals surface area contributed by atoms with E-state index in [1.54, 1.807) is 6.92 Å². The number of hydrogen-bond donors (Lipinski definition) is 0. The molecule has 1 amide bonds. The summed E-state index contributed by atoms with van der Waals surface area (Å²) in [5.41, 5.74) is 3.57. The molecule has 5 heteroatoms. The largest absolute Gasteiger partial charge is 0.448 e. The molecule has 0 spiro atoms. The molecule has 3 heterocycles. The first kappa shape index (κ1) is 16.5. The number of likely N-dealkylation sites (tertiary alicyclic amines) is 1. The van der Waals surface area contributed by atoms with Crippen molar-refractivity contribution in [1.29, 1.82) is 0 Å². The van der Waals surface area contributed by atoms with Crippen molar-refractivity contribution in [3.05, 3.63) is 83.3 Å². The highest BCUT2D eigenvalue weighted by Gasteiger charge is 2.32. The number of aromatic nitrogens is 2. The summed E-state index contributed by atoms with van der Waals surface area (Å²) in [5.74, 6) is 0.423. The van der Waals surface area contributed by atoms with Gasteiger partial charge in [0.2, 0.25) is 0 Å². The van der Waals surface area contributed by atoms with Crippen LogP contribution in [0, 0.1) is 6.92 Å². The first-order valence-corrected chi connectivity index (χ1v) is 8.93. The Labute approximate surface area is 152 Å². The average Bonchev–Trinajstić information content (AvgIpc) is 3.31. The standard InChI is InChI=1S/C21H21N3O2/c1-15-22-19(14-26-15)21(25)24-12-6-11-20(24)18-10-5-9-17(23-18)13-16-7-3-2-4-8-16/h2-5,7-10,14,20H,6,11-13H2,1H3/t20-/m1/s1. The molecule has 5 nitrogen and oxygen atoms in total. The first-order chi connectivity index (χ1) is 12.7. The highest BCUT2D eigenvalue weighted by atomic mass is 16.3. The highest BCUT2D eigenvalue weighted by molar-refractivity contribution is 5.92. The number of benzene rings is 1. The van der Waals surface area contributed by atoms with E-state index in [0.717, 1.165) is 37.2 Å². The van der Waals surface area contributed by atoms with Crippen LogP contribution >= 0.6 is 0 Å². The van der Waals surface area contributed by atoms with Gasteiger partial charge in [-0.2, -0.15) is 0 Å². The van der Waals surface area contributed by atoms with E-state index >= 15 is 0 Å². The minimum absolute atomic E-state index is 0.00442. The average molecular weight is 347 g/mol. The lowest BCUT2D eigenvalue weighted by Gasteiger charge is -2.23. The molecular weight excluding hydrogens is 326 g/mol. The van der Waals surface area contributed by atoms with Crippen LogP contribution in [0.5, 0.6) is 0 Å². The molecule has 1 aromatic carbocycles. The summed E-state index contributed by atoms with van der Waals surface area (Å²) < 4.78 is 5.20. The second-order valence-corrected chi connectivity index (χ2v) is 6.62. The van der Waals surface area contributed by atoms with Crippen molar-refractivity contribution in [2.75, 3.05) is 6.54 Å². The molecule has 4 rings (SSSR count). The van der Waals surface area contributed by atoms with Crippen LogP contribution in [0.3, 0.4) is 0 Å². The lowest BCUT2D eigenvalue weighted by molar-refractivity contribution is 0.0726. The fourth-order valence-electron chi connectivity index (χ4n) is 3.51. The fraction of sp³-hybridized carbons (Fsp3) is 0.286. The molecule has 2 aromatic heterocycles. The third kappa shape index (κ3) is 3.38. The second-order valence-electron chi connectivity index (χ2n) is 6.62. The van der Waals surface area contributed by atoms with Gasteiger partial charge in [-0.25, -0.2) is 4.98 Å². The van der Waals surface area contributed by atoms with Crippen LogP contribution in [-0.4, -0.2) is 27.3 Å². The van der Waals surface area contributed by atoms with Gasteiger partial charge in [0.15, 0.2) is 11.6 Å². The van der Waals surface area contributed by atoms with Crippen molar-refractivity contribution in [2.45, 2.75) is 32.2 Å². The molecule has 1 fully saturated rings. The molecule has 26 heavy (non-hydrogen) atoms. The summed E-state index contributed by atoms with van der Waals surface area (Å²) in [7, 11) is 0. The van der Waals surface area contributed by atoms with Gasteiger partial charge in [0.25, 0.3) is 5.91 Å². The van der Waals surface area contributed by atoms with Crippen LogP contribution in [0.25, 0.3) is 0 Å². The molecule has 0 bridgehead atoms. The Kier molecular flexibility index (Phi) is 4.52. The number of nitrogens with zero attached hydrogens (tertiary/aromatic N) is 3. The molecule has 1 saturated heterocycles. The van der Waals surface area contributed by atoms with Gasteiger partial charge < -0.3 is 9.32 Å². The van der Waals surface area contributed by atoms with Gasteiger partial charge in [0, 0.05) is 25.6 Å². The highest BCUT2D eigenvalue weighted by Crippen LogP contribution is 2.32. The van der Waals surface area contributed by atoms with Crippen molar-refractivity contribution >= 4 is 5.91 Å². The number of carbonyl (C=O) groups excluding carboxylic acids is 1. The van der Waals surface area contributed by atoms with Gasteiger partial charge in [0.05, 0.1) is 11.7 Å². The molecule has 0 N–H and O–H groups in total. The Balaban J connectivity index is 1.56. The summed E-state index contributed by atoms with van der Waals surface area (Å²) in [6, 6.07) is 16.4. The van der Waals surface area contributed by atoms with Gasteiger partial charge in [-0.3, -0.25) is 9.78 Å². The number of carbonyl (C=O) groups is 1. The van der Waals surface area contributed by atoms with Gasteiger partial charge in [-0.05, 0) is 30.5 Å². The molecule has 3 aromatic rings. The third-order valence-corrected chi connectivity index (χ3v) is 4.75. The normalized spacial score (nSPS) is 16.8. The molecule has 0 radical (unpaired) electrons. The first-order valence-electron chi connectivity index (χ1n) is 8.93. The van der Waals surface area contributed by atoms with Crippen molar-refractivity contribution in [2.24, 2.45) is 0 Å². The minimum atomic E-state index is -0.0837. The van der Waals surface area contributed by atoms with E-state index in [0.29, 0.717) is 11.6 Å². The molecule has 1 aliphatic rings. The molecule has 1 atom stereocenters. The van der Waals surface area contributed by atoms with Gasteiger partial charge in [-0.1, -0.05) is 36.4 Å². The topological polar surface area (TPSA) is 59.2 Å². The summed E-state index contributed by atoms with van der Waals surface area (Å²) in [6.45, 7) is 2.47. The number of hydrogen-bond acceptors (Lipinski definition) is 4. The van der Waals surface area contributed by atoms with E-state index in [9.17, 15) is 4.79 Å². The van der Waals surface area contributed by atoms with Crippen LogP contribution in [-0.2, 0) is 6.42 Å². The van der Waals surface area contributed by atoms with Gasteiger partial charge >= 0.3 is 0 Å². The van der Waals surface area contributed by atoms with Crippen LogP contribution in [0.4, 0.5) is 0 Å². The van der Waals surface area contributed by atoms with E-state index < -0.39 is 0 Å². The Morgan fingerprint density at radius 3 is 2.77 bits per heavy atom. The van der Waals surface area contributed by atoms with Gasteiger partial charge in [-0.15, -0.1) is 0 Å². The lowest BCUT2D eigenvalue weighted by Crippen LogP contribution is -2.31. The van der Waals surface area contributed by atoms with Crippen molar-refractivity contribution in [3.63, 3.8) is 0 Å². The Morgan fingerprint density at radius 2 is 2.00 bits per heavy atom. The molecule has 132 valence electrons. The van der Waals surface area contributed by atoms with Crippen LogP contribution in [0.2, 0.25) is 0 Å². The van der Waals surface area contributed by atoms with Crippen molar-refractivity contribution < 1.29 is 9.21 Å². The van der Waals surface area contributed by atoms with Crippen LogP contribution < -0.4 is 0 Å². The predicted octanol–water partition coefficient (Wildman–Crippen LogP) is 3.95. The zero-order valence-electron chi connectivity index (χ0n) is 14.8. The zero-order chi connectivity index (χ0) is 17.9. The van der Waals surface area contributed by atoms with E-state index in [1.807, 2.05) is 41.3 Å². The maximum absolute atomic E-state index is 12.8. The van der Waals surface area contributed by atoms with E-state index in [-0.39, 0.29) is 11.9 Å². The maximum Gasteiger partial charge on any atom is 0.276 e. The SMILES string of the molecule is Cc1nc(C(=O)N2CCC[C@@H]2c2cccc(Cc3ccccc3)n2)co1. The lowest BCUT2D eigenvalue weighted by atomic mass is 10.1. The van der Waals surface area contributed by atoms with Crippen LogP contribution in [0.1, 0.15) is 52.2 Å². The second kappa shape index (κ2) is 7.12. The number of rotatable bonds is 4. The molecular formula is C21H21N3O2. The molecule has 0 unspecified atom stereocenters. The molecule has 1 aliphatic heterocycles.